The minimum atomic E-state index is -0.232. The van der Waals surface area contributed by atoms with Gasteiger partial charge in [-0.1, -0.05) is 72.8 Å². The van der Waals surface area contributed by atoms with Crippen molar-refractivity contribution in [1.29, 1.82) is 0 Å². The molecule has 0 amide bonds. The summed E-state index contributed by atoms with van der Waals surface area (Å²) in [4.78, 5) is 35.7. The van der Waals surface area contributed by atoms with Gasteiger partial charge in [-0.05, 0) is 83.3 Å². The van der Waals surface area contributed by atoms with E-state index in [0.29, 0.717) is 0 Å². The number of hydrogen-bond acceptors (Lipinski definition) is 6. The highest BCUT2D eigenvalue weighted by molar-refractivity contribution is 5.68. The van der Waals surface area contributed by atoms with Gasteiger partial charge in [0.1, 0.15) is 12.2 Å². The maximum absolute atomic E-state index is 11.2. The number of hydrogen-bond donors (Lipinski definition) is 0. The molecule has 8 nitrogen and oxygen atoms in total. The Morgan fingerprint density at radius 1 is 0.646 bits per heavy atom. The van der Waals surface area contributed by atoms with Crippen molar-refractivity contribution in [1.82, 2.24) is 9.80 Å². The smallest absolute Gasteiger partial charge is 0.303 e. The fourth-order valence-corrected chi connectivity index (χ4v) is 6.06. The van der Waals surface area contributed by atoms with Crippen molar-refractivity contribution in [3.8, 4) is 0 Å². The third-order valence-electron chi connectivity index (χ3n) is 8.28. The zero-order valence-corrected chi connectivity index (χ0v) is 28.2. The summed E-state index contributed by atoms with van der Waals surface area (Å²) >= 11 is 0. The van der Waals surface area contributed by atoms with E-state index in [9.17, 15) is 9.59 Å². The van der Waals surface area contributed by atoms with Gasteiger partial charge in [-0.15, -0.1) is 0 Å². The van der Waals surface area contributed by atoms with E-state index in [1.165, 1.54) is 36.1 Å². The summed E-state index contributed by atoms with van der Waals surface area (Å²) in [5, 5.41) is 0. The average Bonchev–Trinajstić information content (AvgIpc) is 3.66. The van der Waals surface area contributed by atoms with Crippen molar-refractivity contribution < 1.29 is 19.1 Å². The van der Waals surface area contributed by atoms with Gasteiger partial charge in [0.25, 0.3) is 0 Å². The van der Waals surface area contributed by atoms with Crippen molar-refractivity contribution in [2.24, 2.45) is 9.98 Å². The van der Waals surface area contributed by atoms with Crippen LogP contribution in [0.4, 0.5) is 11.4 Å². The highest BCUT2D eigenvalue weighted by Crippen LogP contribution is 2.37. The Kier molecular flexibility index (Phi) is 11.8. The largest absolute Gasteiger partial charge is 0.458 e. The quantitative estimate of drug-likeness (QED) is 0.0987. The van der Waals surface area contributed by atoms with E-state index in [0.717, 1.165) is 61.3 Å². The molecule has 2 aliphatic carbocycles. The van der Waals surface area contributed by atoms with Crippen molar-refractivity contribution >= 4 is 36.0 Å². The van der Waals surface area contributed by atoms with Crippen LogP contribution in [-0.4, -0.2) is 48.5 Å². The first-order valence-corrected chi connectivity index (χ1v) is 16.4. The fourth-order valence-electron chi connectivity index (χ4n) is 6.06. The normalized spacial score (nSPS) is 16.2. The molecule has 6 rings (SSSR count). The number of carbonyl (C=O) groups is 2. The van der Waals surface area contributed by atoms with Crippen LogP contribution in [0.5, 0.6) is 0 Å². The second-order valence-corrected chi connectivity index (χ2v) is 12.3. The van der Waals surface area contributed by atoms with Crippen molar-refractivity contribution in [3.05, 3.63) is 130 Å². The van der Waals surface area contributed by atoms with Crippen LogP contribution in [0.3, 0.4) is 0 Å². The van der Waals surface area contributed by atoms with E-state index in [1.807, 2.05) is 97.2 Å². The molecule has 48 heavy (non-hydrogen) atoms. The molecule has 0 bridgehead atoms. The molecule has 0 heterocycles. The number of aliphatic imine (C=N–C) groups is 2. The summed E-state index contributed by atoms with van der Waals surface area (Å²) in [5.74, 6) is -0.464. The fraction of sp³-hybridized carbons (Fsp3) is 0.300. The van der Waals surface area contributed by atoms with Gasteiger partial charge in [0.15, 0.2) is 0 Å². The molecular weight excluding hydrogens is 600 g/mol. The molecule has 2 atom stereocenters. The highest BCUT2D eigenvalue weighted by Gasteiger charge is 2.26. The Balaban J connectivity index is 0.000000188. The SMILES string of the molecule is CC(=O)OC1CCc2ccc(N=CN(C)Cc3ccccc3)cc21.CC(=O)OC1CCc2ccc(N=CN(C)Cc3ccccc3)cc21. The van der Waals surface area contributed by atoms with Crippen LogP contribution in [0.25, 0.3) is 0 Å². The lowest BCUT2D eigenvalue weighted by Crippen LogP contribution is -2.15. The minimum absolute atomic E-state index is 0.130. The second kappa shape index (κ2) is 16.5. The van der Waals surface area contributed by atoms with E-state index >= 15 is 0 Å². The number of rotatable bonds is 10. The van der Waals surface area contributed by atoms with Crippen LogP contribution in [0.2, 0.25) is 0 Å². The van der Waals surface area contributed by atoms with Crippen molar-refractivity contribution in [2.45, 2.75) is 64.8 Å². The number of ether oxygens (including phenoxy) is 2. The molecule has 248 valence electrons. The van der Waals surface area contributed by atoms with E-state index in [1.54, 1.807) is 0 Å². The van der Waals surface area contributed by atoms with Gasteiger partial charge in [-0.2, -0.15) is 0 Å². The molecule has 2 unspecified atom stereocenters. The molecular formula is C40H44N4O4. The minimum Gasteiger partial charge on any atom is -0.458 e. The molecule has 0 aromatic heterocycles. The summed E-state index contributed by atoms with van der Waals surface area (Å²) in [6, 6.07) is 32.8. The summed E-state index contributed by atoms with van der Waals surface area (Å²) in [7, 11) is 4.01. The molecule has 4 aromatic rings. The number of carbonyl (C=O) groups excluding carboxylic acids is 2. The molecule has 0 N–H and O–H groups in total. The molecule has 0 spiro atoms. The monoisotopic (exact) mass is 644 g/mol. The first kappa shape index (κ1) is 34.1. The van der Waals surface area contributed by atoms with Gasteiger partial charge in [-0.3, -0.25) is 9.59 Å². The standard InChI is InChI=1S/2C20H22N2O2/c2*1-15(23)24-20-11-9-17-8-10-18(12-19(17)20)21-14-22(2)13-16-6-4-3-5-7-16/h2*3-8,10,12,14,20H,9,11,13H2,1-2H3. The number of benzene rings is 4. The molecule has 4 aromatic carbocycles. The summed E-state index contributed by atoms with van der Waals surface area (Å²) in [6.07, 6.45) is 7.03. The van der Waals surface area contributed by atoms with Crippen LogP contribution < -0.4 is 0 Å². The number of fused-ring (bicyclic) bond motifs is 2. The molecule has 0 radical (unpaired) electrons. The average molecular weight is 645 g/mol. The molecule has 8 heteroatoms. The Morgan fingerprint density at radius 3 is 1.42 bits per heavy atom. The summed E-state index contributed by atoms with van der Waals surface area (Å²) in [5.41, 5.74) is 8.93. The maximum atomic E-state index is 11.2. The van der Waals surface area contributed by atoms with E-state index in [4.69, 9.17) is 9.47 Å². The first-order chi connectivity index (χ1) is 23.2. The van der Waals surface area contributed by atoms with Crippen LogP contribution in [0.1, 0.15) is 72.3 Å². The molecule has 0 aliphatic heterocycles. The Morgan fingerprint density at radius 2 is 1.04 bits per heavy atom. The maximum Gasteiger partial charge on any atom is 0.303 e. The Labute approximate surface area is 283 Å². The summed E-state index contributed by atoms with van der Waals surface area (Å²) in [6.45, 7) is 4.54. The number of aryl methyl sites for hydroxylation is 2. The predicted molar refractivity (Wildman–Crippen MR) is 191 cm³/mol. The van der Waals surface area contributed by atoms with Crippen molar-refractivity contribution in [2.75, 3.05) is 14.1 Å². The van der Waals surface area contributed by atoms with Gasteiger partial charge in [0.2, 0.25) is 0 Å². The number of nitrogens with zero attached hydrogens (tertiary/aromatic N) is 4. The zero-order valence-electron chi connectivity index (χ0n) is 28.2. The van der Waals surface area contributed by atoms with Crippen LogP contribution in [-0.2, 0) is 45.0 Å². The predicted octanol–water partition coefficient (Wildman–Crippen LogP) is 8.06. The van der Waals surface area contributed by atoms with E-state index in [2.05, 4.69) is 46.4 Å². The van der Waals surface area contributed by atoms with Crippen molar-refractivity contribution in [3.63, 3.8) is 0 Å². The topological polar surface area (TPSA) is 83.8 Å². The molecule has 2 aliphatic rings. The Bertz CT molecular complexity index is 1610. The second-order valence-electron chi connectivity index (χ2n) is 12.3. The van der Waals surface area contributed by atoms with Gasteiger partial charge in [0, 0.05) is 41.0 Å². The zero-order chi connectivity index (χ0) is 33.9. The highest BCUT2D eigenvalue weighted by atomic mass is 16.5. The first-order valence-electron chi connectivity index (χ1n) is 16.4. The molecule has 0 saturated heterocycles. The van der Waals surface area contributed by atoms with E-state index in [-0.39, 0.29) is 24.1 Å². The number of esters is 2. The Hall–Kier alpha value is -5.24. The van der Waals surface area contributed by atoms with Crippen LogP contribution in [0, 0.1) is 0 Å². The third-order valence-corrected chi connectivity index (χ3v) is 8.28. The van der Waals surface area contributed by atoms with Gasteiger partial charge >= 0.3 is 11.9 Å². The summed E-state index contributed by atoms with van der Waals surface area (Å²) < 4.78 is 10.8. The lowest BCUT2D eigenvalue weighted by Gasteiger charge is -2.14. The lowest BCUT2D eigenvalue weighted by molar-refractivity contribution is -0.147. The molecule has 0 saturated carbocycles. The van der Waals surface area contributed by atoms with Gasteiger partial charge in [-0.25, -0.2) is 9.98 Å². The third kappa shape index (κ3) is 9.88. The van der Waals surface area contributed by atoms with Crippen LogP contribution in [0.15, 0.2) is 107 Å². The van der Waals surface area contributed by atoms with Gasteiger partial charge in [0.05, 0.1) is 24.1 Å². The molecule has 0 fully saturated rings. The van der Waals surface area contributed by atoms with E-state index < -0.39 is 0 Å². The lowest BCUT2D eigenvalue weighted by atomic mass is 10.1. The van der Waals surface area contributed by atoms with Crippen LogP contribution >= 0.6 is 0 Å². The van der Waals surface area contributed by atoms with Gasteiger partial charge < -0.3 is 19.3 Å².